The van der Waals surface area contributed by atoms with Gasteiger partial charge in [0.2, 0.25) is 5.95 Å². The summed E-state index contributed by atoms with van der Waals surface area (Å²) in [6, 6.07) is 26.9. The van der Waals surface area contributed by atoms with E-state index in [4.69, 9.17) is 19.9 Å². The molecule has 1 aliphatic carbocycles. The van der Waals surface area contributed by atoms with Gasteiger partial charge < -0.3 is 16.0 Å². The number of hydrogen-bond donors (Lipinski definition) is 3. The van der Waals surface area contributed by atoms with Crippen LogP contribution in [0.25, 0.3) is 0 Å². The SMILES string of the molecule is CC(C)Cc1nc(NC(C)C)cc(C2[C@@H](c3ccccc3)C(c3cc(NC(C)C)nc(NC(C)C)n3)[C@@H]2c2ccccc2)n1. The first-order valence-electron chi connectivity index (χ1n) is 16.2. The van der Waals surface area contributed by atoms with Crippen molar-refractivity contribution in [1.82, 2.24) is 19.9 Å². The lowest BCUT2D eigenvalue weighted by atomic mass is 9.50. The Hall–Kier alpha value is -4.00. The van der Waals surface area contributed by atoms with E-state index in [1.807, 2.05) is 0 Å². The van der Waals surface area contributed by atoms with E-state index in [1.165, 1.54) is 11.1 Å². The van der Waals surface area contributed by atoms with E-state index in [9.17, 15) is 0 Å². The minimum atomic E-state index is 0.123. The fourth-order valence-corrected chi connectivity index (χ4v) is 6.51. The smallest absolute Gasteiger partial charge is 0.225 e. The summed E-state index contributed by atoms with van der Waals surface area (Å²) in [7, 11) is 0. The highest BCUT2D eigenvalue weighted by Gasteiger charge is 2.54. The molecule has 5 rings (SSSR count). The monoisotopic (exact) mass is 591 g/mol. The van der Waals surface area contributed by atoms with Crippen LogP contribution in [0.15, 0.2) is 72.8 Å². The second kappa shape index (κ2) is 13.7. The van der Waals surface area contributed by atoms with Gasteiger partial charge in [-0.25, -0.2) is 15.0 Å². The average molecular weight is 592 g/mol. The number of hydrogen-bond acceptors (Lipinski definition) is 7. The summed E-state index contributed by atoms with van der Waals surface area (Å²) in [5.41, 5.74) is 4.73. The summed E-state index contributed by atoms with van der Waals surface area (Å²) >= 11 is 0. The van der Waals surface area contributed by atoms with Gasteiger partial charge in [0.05, 0.1) is 11.4 Å². The Morgan fingerprint density at radius 2 is 0.977 bits per heavy atom. The molecule has 3 N–H and O–H groups in total. The molecule has 44 heavy (non-hydrogen) atoms. The maximum absolute atomic E-state index is 5.29. The van der Waals surface area contributed by atoms with Crippen LogP contribution in [0.5, 0.6) is 0 Å². The Morgan fingerprint density at radius 3 is 1.43 bits per heavy atom. The highest BCUT2D eigenvalue weighted by Crippen LogP contribution is 2.66. The number of benzene rings is 2. The van der Waals surface area contributed by atoms with E-state index in [0.717, 1.165) is 35.3 Å². The Bertz CT molecular complexity index is 1320. The van der Waals surface area contributed by atoms with E-state index in [-0.39, 0.29) is 41.8 Å². The maximum Gasteiger partial charge on any atom is 0.225 e. The summed E-state index contributed by atoms with van der Waals surface area (Å²) in [6.45, 7) is 17.3. The van der Waals surface area contributed by atoms with Crippen molar-refractivity contribution in [3.8, 4) is 0 Å². The molecular formula is C37H49N7. The fourth-order valence-electron chi connectivity index (χ4n) is 6.51. The molecule has 0 spiro atoms. The number of nitrogens with zero attached hydrogens (tertiary/aromatic N) is 4. The van der Waals surface area contributed by atoms with Crippen molar-refractivity contribution in [2.45, 2.75) is 104 Å². The first-order chi connectivity index (χ1) is 21.1. The van der Waals surface area contributed by atoms with Gasteiger partial charge in [-0.1, -0.05) is 74.5 Å². The first kappa shape index (κ1) is 31.4. The van der Waals surface area contributed by atoms with Crippen molar-refractivity contribution >= 4 is 17.6 Å². The Balaban J connectivity index is 1.71. The Kier molecular flexibility index (Phi) is 9.82. The summed E-state index contributed by atoms with van der Waals surface area (Å²) in [4.78, 5) is 20.3. The molecule has 7 heteroatoms. The number of rotatable bonds is 12. The summed E-state index contributed by atoms with van der Waals surface area (Å²) < 4.78 is 0. The summed E-state index contributed by atoms with van der Waals surface area (Å²) in [6.07, 6.45) is 0.836. The normalized spacial score (nSPS) is 19.8. The van der Waals surface area contributed by atoms with E-state index in [2.05, 4.69) is 144 Å². The van der Waals surface area contributed by atoms with Crippen molar-refractivity contribution in [1.29, 1.82) is 0 Å². The molecular weight excluding hydrogens is 542 g/mol. The molecule has 232 valence electrons. The lowest BCUT2D eigenvalue weighted by Gasteiger charge is -2.52. The standard InChI is InChI=1S/C37H49N7/c1-22(2)19-30-41-28(20-31(43-30)38-23(3)4)35-33(26-15-11-9-12-16-26)36(34(35)27-17-13-10-14-18-27)29-21-32(39-24(5)6)44-37(42-29)40-25(7)8/h9-18,20-25,33-36H,19H2,1-8H3,(H,38,41,43)(H2,39,40,42,44)/t33-,34-,35?,36?/m1/s1. The average Bonchev–Trinajstić information content (AvgIpc) is 2.92. The maximum atomic E-state index is 5.29. The van der Waals surface area contributed by atoms with E-state index >= 15 is 0 Å². The van der Waals surface area contributed by atoms with Crippen LogP contribution in [0, 0.1) is 5.92 Å². The number of aromatic nitrogens is 4. The topological polar surface area (TPSA) is 87.7 Å². The Morgan fingerprint density at radius 1 is 0.523 bits per heavy atom. The van der Waals surface area contributed by atoms with Crippen LogP contribution in [0.1, 0.15) is 107 Å². The van der Waals surface area contributed by atoms with Gasteiger partial charge in [-0.3, -0.25) is 0 Å². The second-order valence-corrected chi connectivity index (χ2v) is 13.5. The quantitative estimate of drug-likeness (QED) is 0.153. The third-order valence-electron chi connectivity index (χ3n) is 8.02. The molecule has 2 heterocycles. The third-order valence-corrected chi connectivity index (χ3v) is 8.02. The van der Waals surface area contributed by atoms with Crippen LogP contribution in [-0.4, -0.2) is 38.1 Å². The van der Waals surface area contributed by atoms with Crippen LogP contribution in [-0.2, 0) is 6.42 Å². The third kappa shape index (κ3) is 7.37. The van der Waals surface area contributed by atoms with Crippen molar-refractivity contribution in [2.75, 3.05) is 16.0 Å². The minimum Gasteiger partial charge on any atom is -0.368 e. The van der Waals surface area contributed by atoms with Gasteiger partial charge in [0, 0.05) is 60.4 Å². The van der Waals surface area contributed by atoms with Crippen LogP contribution in [0.3, 0.4) is 0 Å². The van der Waals surface area contributed by atoms with Crippen molar-refractivity contribution in [3.05, 3.63) is 101 Å². The number of nitrogens with one attached hydrogen (secondary N) is 3. The molecule has 0 amide bonds. The van der Waals surface area contributed by atoms with Gasteiger partial charge in [0.15, 0.2) is 0 Å². The first-order valence-corrected chi connectivity index (χ1v) is 16.2. The zero-order chi connectivity index (χ0) is 31.4. The molecule has 2 atom stereocenters. The summed E-state index contributed by atoms with van der Waals surface area (Å²) in [5.74, 6) is 4.37. The van der Waals surface area contributed by atoms with Gasteiger partial charge in [-0.15, -0.1) is 0 Å². The molecule has 1 fully saturated rings. The number of anilines is 3. The highest BCUT2D eigenvalue weighted by atomic mass is 15.2. The molecule has 4 aromatic rings. The molecule has 2 aromatic carbocycles. The van der Waals surface area contributed by atoms with E-state index in [0.29, 0.717) is 11.9 Å². The Labute approximate surface area is 263 Å². The molecule has 1 aliphatic rings. The molecule has 0 bridgehead atoms. The van der Waals surface area contributed by atoms with Crippen molar-refractivity contribution < 1.29 is 0 Å². The molecule has 0 aliphatic heterocycles. The predicted octanol–water partition coefficient (Wildman–Crippen LogP) is 8.37. The second-order valence-electron chi connectivity index (χ2n) is 13.5. The predicted molar refractivity (Wildman–Crippen MR) is 183 cm³/mol. The van der Waals surface area contributed by atoms with Gasteiger partial charge in [-0.2, -0.15) is 4.98 Å². The molecule has 0 unspecified atom stereocenters. The van der Waals surface area contributed by atoms with Crippen molar-refractivity contribution in [3.63, 3.8) is 0 Å². The fraction of sp³-hybridized carbons (Fsp3) is 0.459. The van der Waals surface area contributed by atoms with E-state index in [1.54, 1.807) is 0 Å². The molecule has 7 nitrogen and oxygen atoms in total. The van der Waals surface area contributed by atoms with Gasteiger partial charge in [-0.05, 0) is 58.6 Å². The highest BCUT2D eigenvalue weighted by molar-refractivity contribution is 5.52. The zero-order valence-electron chi connectivity index (χ0n) is 27.5. The summed E-state index contributed by atoms with van der Waals surface area (Å²) in [5, 5.41) is 10.6. The largest absolute Gasteiger partial charge is 0.368 e. The van der Waals surface area contributed by atoms with Crippen LogP contribution >= 0.6 is 0 Å². The van der Waals surface area contributed by atoms with Crippen LogP contribution in [0.4, 0.5) is 17.6 Å². The molecule has 0 radical (unpaired) electrons. The molecule has 2 aromatic heterocycles. The minimum absolute atomic E-state index is 0.123. The lowest BCUT2D eigenvalue weighted by molar-refractivity contribution is 0.219. The molecule has 1 saturated carbocycles. The van der Waals surface area contributed by atoms with E-state index < -0.39 is 0 Å². The molecule has 0 saturated heterocycles. The van der Waals surface area contributed by atoms with Gasteiger partial charge in [0.25, 0.3) is 0 Å². The van der Waals surface area contributed by atoms with Crippen molar-refractivity contribution in [2.24, 2.45) is 5.92 Å². The van der Waals surface area contributed by atoms with Gasteiger partial charge in [0.1, 0.15) is 17.5 Å². The van der Waals surface area contributed by atoms with Crippen LogP contribution in [0.2, 0.25) is 0 Å². The van der Waals surface area contributed by atoms with Gasteiger partial charge >= 0.3 is 0 Å². The zero-order valence-corrected chi connectivity index (χ0v) is 27.5. The lowest BCUT2D eigenvalue weighted by Crippen LogP contribution is -2.41. The van der Waals surface area contributed by atoms with Crippen LogP contribution < -0.4 is 16.0 Å².